The summed E-state index contributed by atoms with van der Waals surface area (Å²) >= 11 is 0. The molecule has 3 heterocycles. The highest BCUT2D eigenvalue weighted by Gasteiger charge is 2.31. The number of aliphatic imine (C=N–C) groups is 1. The number of rotatable bonds is 5. The van der Waals surface area contributed by atoms with E-state index in [0.29, 0.717) is 12.1 Å². The Labute approximate surface area is 182 Å². The molecular weight excluding hydrogens is 374 g/mol. The quantitative estimate of drug-likeness (QED) is 0.593. The van der Waals surface area contributed by atoms with Crippen LogP contribution in [-0.2, 0) is 4.74 Å². The van der Waals surface area contributed by atoms with Crippen molar-refractivity contribution in [2.24, 2.45) is 10.9 Å². The Bertz CT molecular complexity index is 667. The van der Waals surface area contributed by atoms with Gasteiger partial charge in [-0.3, -0.25) is 14.8 Å². The molecule has 4 rings (SSSR count). The van der Waals surface area contributed by atoms with E-state index < -0.39 is 0 Å². The monoisotopic (exact) mass is 413 g/mol. The van der Waals surface area contributed by atoms with Gasteiger partial charge in [0.05, 0.1) is 19.3 Å². The second-order valence-corrected chi connectivity index (χ2v) is 9.11. The van der Waals surface area contributed by atoms with Crippen LogP contribution in [-0.4, -0.2) is 92.8 Å². The zero-order valence-corrected chi connectivity index (χ0v) is 18.8. The number of hydrogen-bond acceptors (Lipinski definition) is 4. The molecule has 3 saturated heterocycles. The second-order valence-electron chi connectivity index (χ2n) is 9.11. The number of hydrogen-bond donors (Lipinski definition) is 1. The third-order valence-electron chi connectivity index (χ3n) is 7.13. The van der Waals surface area contributed by atoms with Crippen molar-refractivity contribution in [3.8, 4) is 0 Å². The minimum absolute atomic E-state index is 0.396. The van der Waals surface area contributed by atoms with E-state index in [-0.39, 0.29) is 0 Å². The van der Waals surface area contributed by atoms with Gasteiger partial charge in [0.15, 0.2) is 5.96 Å². The molecule has 2 unspecified atom stereocenters. The first-order chi connectivity index (χ1) is 14.7. The Morgan fingerprint density at radius 1 is 1.07 bits per heavy atom. The fraction of sp³-hybridized carbons (Fsp3) is 0.708. The molecule has 0 radical (unpaired) electrons. The minimum atomic E-state index is 0.396. The Morgan fingerprint density at radius 2 is 1.80 bits per heavy atom. The van der Waals surface area contributed by atoms with Gasteiger partial charge in [0, 0.05) is 45.8 Å². The topological polar surface area (TPSA) is 43.3 Å². The zero-order chi connectivity index (χ0) is 20.8. The average Bonchev–Trinajstić information content (AvgIpc) is 3.29. The normalized spacial score (nSPS) is 26.1. The molecule has 166 valence electrons. The number of morpholine rings is 1. The van der Waals surface area contributed by atoms with Crippen LogP contribution in [0.15, 0.2) is 35.3 Å². The summed E-state index contributed by atoms with van der Waals surface area (Å²) in [4.78, 5) is 12.3. The number of piperidine rings is 1. The summed E-state index contributed by atoms with van der Waals surface area (Å²) in [7, 11) is 1.92. The third-order valence-corrected chi connectivity index (χ3v) is 7.13. The standard InChI is InChI=1S/C24H39N5O/c1-20-8-11-28(12-9-20)23(21-6-4-3-5-7-21)18-26-24(25-2)29-13-10-22(19-29)27-14-16-30-17-15-27/h3-7,20,22-23H,8-19H2,1-2H3,(H,25,26). The predicted octanol–water partition coefficient (Wildman–Crippen LogP) is 2.44. The molecule has 2 atom stereocenters. The van der Waals surface area contributed by atoms with Crippen molar-refractivity contribution in [1.82, 2.24) is 20.0 Å². The lowest BCUT2D eigenvalue weighted by Crippen LogP contribution is -2.48. The van der Waals surface area contributed by atoms with Crippen LogP contribution >= 0.6 is 0 Å². The molecule has 30 heavy (non-hydrogen) atoms. The lowest BCUT2D eigenvalue weighted by Gasteiger charge is -2.38. The molecule has 1 aromatic carbocycles. The Hall–Kier alpha value is -1.63. The Morgan fingerprint density at radius 3 is 2.50 bits per heavy atom. The van der Waals surface area contributed by atoms with Crippen LogP contribution in [0.2, 0.25) is 0 Å². The van der Waals surface area contributed by atoms with Gasteiger partial charge in [-0.05, 0) is 43.8 Å². The zero-order valence-electron chi connectivity index (χ0n) is 18.8. The van der Waals surface area contributed by atoms with Gasteiger partial charge in [-0.15, -0.1) is 0 Å². The van der Waals surface area contributed by atoms with Crippen LogP contribution in [0.25, 0.3) is 0 Å². The first-order valence-corrected chi connectivity index (χ1v) is 11.8. The molecule has 3 aliphatic heterocycles. The molecular formula is C24H39N5O. The highest BCUT2D eigenvalue weighted by Crippen LogP contribution is 2.26. The SMILES string of the molecule is CN=C(NCC(c1ccccc1)N1CCC(C)CC1)N1CCC(N2CCOCC2)C1. The molecule has 3 aliphatic rings. The predicted molar refractivity (Wildman–Crippen MR) is 123 cm³/mol. The van der Waals surface area contributed by atoms with Crippen molar-refractivity contribution < 1.29 is 4.74 Å². The van der Waals surface area contributed by atoms with E-state index in [2.05, 4.69) is 62.3 Å². The maximum absolute atomic E-state index is 5.53. The summed E-state index contributed by atoms with van der Waals surface area (Å²) in [6.07, 6.45) is 3.81. The molecule has 6 nitrogen and oxygen atoms in total. The van der Waals surface area contributed by atoms with E-state index in [4.69, 9.17) is 4.74 Å². The van der Waals surface area contributed by atoms with E-state index >= 15 is 0 Å². The number of ether oxygens (including phenoxy) is 1. The van der Waals surface area contributed by atoms with Crippen LogP contribution in [0, 0.1) is 5.92 Å². The van der Waals surface area contributed by atoms with Crippen LogP contribution < -0.4 is 5.32 Å². The van der Waals surface area contributed by atoms with Crippen LogP contribution in [0.4, 0.5) is 0 Å². The van der Waals surface area contributed by atoms with Crippen molar-refractivity contribution in [1.29, 1.82) is 0 Å². The summed E-state index contributed by atoms with van der Waals surface area (Å²) in [6.45, 7) is 11.7. The largest absolute Gasteiger partial charge is 0.379 e. The van der Waals surface area contributed by atoms with Crippen molar-refractivity contribution in [2.45, 2.75) is 38.3 Å². The minimum Gasteiger partial charge on any atom is -0.379 e. The van der Waals surface area contributed by atoms with E-state index in [1.807, 2.05) is 7.05 Å². The summed E-state index contributed by atoms with van der Waals surface area (Å²) < 4.78 is 5.53. The molecule has 3 fully saturated rings. The van der Waals surface area contributed by atoms with Gasteiger partial charge in [0.2, 0.25) is 0 Å². The highest BCUT2D eigenvalue weighted by atomic mass is 16.5. The fourth-order valence-corrected chi connectivity index (χ4v) is 5.17. The third kappa shape index (κ3) is 5.34. The highest BCUT2D eigenvalue weighted by molar-refractivity contribution is 5.80. The van der Waals surface area contributed by atoms with Crippen molar-refractivity contribution in [3.05, 3.63) is 35.9 Å². The molecule has 0 saturated carbocycles. The number of nitrogens with zero attached hydrogens (tertiary/aromatic N) is 4. The summed E-state index contributed by atoms with van der Waals surface area (Å²) in [5.74, 6) is 1.90. The lowest BCUT2D eigenvalue weighted by atomic mass is 9.95. The number of likely N-dealkylation sites (tertiary alicyclic amines) is 2. The van der Waals surface area contributed by atoms with Crippen molar-refractivity contribution in [2.75, 3.05) is 66.1 Å². The molecule has 0 spiro atoms. The van der Waals surface area contributed by atoms with Crippen LogP contribution in [0.5, 0.6) is 0 Å². The van der Waals surface area contributed by atoms with E-state index in [1.54, 1.807) is 0 Å². The molecule has 0 amide bonds. The molecule has 0 bridgehead atoms. The number of benzene rings is 1. The second kappa shape index (κ2) is 10.6. The van der Waals surface area contributed by atoms with Gasteiger partial charge in [-0.2, -0.15) is 0 Å². The molecule has 0 aliphatic carbocycles. The molecule has 0 aromatic heterocycles. The van der Waals surface area contributed by atoms with Gasteiger partial charge in [-0.25, -0.2) is 0 Å². The Balaban J connectivity index is 1.37. The summed E-state index contributed by atoms with van der Waals surface area (Å²) in [5.41, 5.74) is 1.41. The number of nitrogens with one attached hydrogen (secondary N) is 1. The van der Waals surface area contributed by atoms with Gasteiger partial charge in [-0.1, -0.05) is 37.3 Å². The van der Waals surface area contributed by atoms with Gasteiger partial charge in [0.1, 0.15) is 0 Å². The first kappa shape index (κ1) is 21.6. The van der Waals surface area contributed by atoms with Gasteiger partial charge in [0.25, 0.3) is 0 Å². The van der Waals surface area contributed by atoms with Gasteiger partial charge < -0.3 is 15.0 Å². The summed E-state index contributed by atoms with van der Waals surface area (Å²) in [6, 6.07) is 12.0. The molecule has 1 aromatic rings. The van der Waals surface area contributed by atoms with Crippen LogP contribution in [0.3, 0.4) is 0 Å². The lowest BCUT2D eigenvalue weighted by molar-refractivity contribution is 0.0194. The van der Waals surface area contributed by atoms with E-state index in [0.717, 1.165) is 57.8 Å². The maximum Gasteiger partial charge on any atom is 0.193 e. The van der Waals surface area contributed by atoms with Crippen molar-refractivity contribution in [3.63, 3.8) is 0 Å². The van der Waals surface area contributed by atoms with Crippen LogP contribution in [0.1, 0.15) is 37.8 Å². The fourth-order valence-electron chi connectivity index (χ4n) is 5.17. The molecule has 1 N–H and O–H groups in total. The van der Waals surface area contributed by atoms with E-state index in [9.17, 15) is 0 Å². The maximum atomic E-state index is 5.53. The smallest absolute Gasteiger partial charge is 0.193 e. The Kier molecular flexibility index (Phi) is 7.63. The van der Waals surface area contributed by atoms with Gasteiger partial charge >= 0.3 is 0 Å². The average molecular weight is 414 g/mol. The van der Waals surface area contributed by atoms with Crippen molar-refractivity contribution >= 4 is 5.96 Å². The molecule has 6 heteroatoms. The van der Waals surface area contributed by atoms with E-state index in [1.165, 1.54) is 37.9 Å². The number of guanidine groups is 1. The summed E-state index contributed by atoms with van der Waals surface area (Å²) in [5, 5.41) is 3.73. The first-order valence-electron chi connectivity index (χ1n) is 11.8.